The van der Waals surface area contributed by atoms with Crippen LogP contribution >= 0.6 is 0 Å². The van der Waals surface area contributed by atoms with Gasteiger partial charge in [-0.15, -0.1) is 0 Å². The average molecular weight is 120 g/mol. The Balaban J connectivity index is 2.69. The molecule has 1 radical (unpaired) electrons. The van der Waals surface area contributed by atoms with Crippen molar-refractivity contribution in [1.29, 1.82) is 0 Å². The molecule has 1 heterocycles. The third-order valence-corrected chi connectivity index (χ3v) is 1.27. The molecule has 0 amide bonds. The first-order valence-electron chi connectivity index (χ1n) is 3.12. The van der Waals surface area contributed by atoms with Gasteiger partial charge in [-0.2, -0.15) is 0 Å². The zero-order valence-corrected chi connectivity index (χ0v) is 6.18. The maximum absolute atomic E-state index is 2.17. The Morgan fingerprint density at radius 2 is 1.67 bits per heavy atom. The van der Waals surface area contributed by atoms with Crippen LogP contribution in [-0.2, 0) is 0 Å². The summed E-state index contributed by atoms with van der Waals surface area (Å²) >= 11 is 0. The summed E-state index contributed by atoms with van der Waals surface area (Å²) in [4.78, 5) is 2.07. The Kier molecular flexibility index (Phi) is 1.65. The highest BCUT2D eigenvalue weighted by molar-refractivity contribution is 6.53. The molecular formula is C7H11BN. The fraction of sp³-hybridized carbons (Fsp3) is 0.429. The lowest BCUT2D eigenvalue weighted by Crippen LogP contribution is -2.12. The number of rotatable bonds is 0. The Morgan fingerprint density at radius 1 is 1.22 bits per heavy atom. The molecule has 0 saturated heterocycles. The fourth-order valence-corrected chi connectivity index (χ4v) is 1.11. The number of hydrogen-bond acceptors (Lipinski definition) is 1. The van der Waals surface area contributed by atoms with Gasteiger partial charge in [0.15, 0.2) is 7.28 Å². The van der Waals surface area contributed by atoms with E-state index in [1.807, 2.05) is 7.05 Å². The smallest absolute Gasteiger partial charge is 0.183 e. The van der Waals surface area contributed by atoms with Gasteiger partial charge in [0.1, 0.15) is 0 Å². The van der Waals surface area contributed by atoms with Gasteiger partial charge < -0.3 is 4.90 Å². The quantitative estimate of drug-likeness (QED) is 0.436. The van der Waals surface area contributed by atoms with Crippen LogP contribution in [0.2, 0.25) is 0 Å². The highest BCUT2D eigenvalue weighted by Gasteiger charge is 2.02. The van der Waals surface area contributed by atoms with E-state index in [9.17, 15) is 0 Å². The summed E-state index contributed by atoms with van der Waals surface area (Å²) in [5.41, 5.74) is 2.63. The molecule has 1 nitrogen and oxygen atoms in total. The van der Waals surface area contributed by atoms with Gasteiger partial charge in [0, 0.05) is 7.05 Å². The minimum Gasteiger partial charge on any atom is -0.359 e. The summed E-state index contributed by atoms with van der Waals surface area (Å²) in [6, 6.07) is 0. The van der Waals surface area contributed by atoms with Crippen LogP contribution in [0.5, 0.6) is 0 Å². The van der Waals surface area contributed by atoms with Gasteiger partial charge in [-0.3, -0.25) is 0 Å². The van der Waals surface area contributed by atoms with Crippen LogP contribution in [0.15, 0.2) is 23.3 Å². The minimum atomic E-state index is 1.32. The van der Waals surface area contributed by atoms with Crippen LogP contribution in [0, 0.1) is 0 Å². The van der Waals surface area contributed by atoms with Crippen LogP contribution in [-0.4, -0.2) is 19.2 Å². The number of nitrogens with zero attached hydrogens (tertiary/aromatic N) is 1. The van der Waals surface area contributed by atoms with Crippen molar-refractivity contribution in [2.75, 3.05) is 7.05 Å². The lowest BCUT2D eigenvalue weighted by molar-refractivity contribution is 0.616. The molecule has 0 aromatic carbocycles. The second kappa shape index (κ2) is 2.30. The molecule has 0 aromatic heterocycles. The van der Waals surface area contributed by atoms with E-state index < -0.39 is 0 Å². The van der Waals surface area contributed by atoms with Crippen molar-refractivity contribution in [2.45, 2.75) is 13.8 Å². The van der Waals surface area contributed by atoms with Crippen LogP contribution in [0.4, 0.5) is 0 Å². The molecule has 1 rings (SSSR count). The summed E-state index contributed by atoms with van der Waals surface area (Å²) in [6.45, 7) is 4.21. The lowest BCUT2D eigenvalue weighted by atomic mass is 9.63. The molecule has 2 heteroatoms. The van der Waals surface area contributed by atoms with E-state index in [-0.39, 0.29) is 0 Å². The monoisotopic (exact) mass is 120 g/mol. The Morgan fingerprint density at radius 3 is 2.00 bits per heavy atom. The van der Waals surface area contributed by atoms with Crippen LogP contribution in [0.25, 0.3) is 0 Å². The Labute approximate surface area is 57.3 Å². The molecule has 0 aliphatic carbocycles. The van der Waals surface area contributed by atoms with Crippen molar-refractivity contribution in [3.05, 3.63) is 23.3 Å². The summed E-state index contributed by atoms with van der Waals surface area (Å²) in [5.74, 6) is 0. The molecule has 0 saturated carbocycles. The first-order valence-corrected chi connectivity index (χ1v) is 3.12. The van der Waals surface area contributed by atoms with E-state index in [1.54, 1.807) is 0 Å². The summed E-state index contributed by atoms with van der Waals surface area (Å²) in [6.07, 6.45) is 4.21. The molecular weight excluding hydrogens is 109 g/mol. The lowest BCUT2D eigenvalue weighted by Gasteiger charge is -2.16. The van der Waals surface area contributed by atoms with E-state index in [0.29, 0.717) is 0 Å². The Bertz CT molecular complexity index is 152. The minimum absolute atomic E-state index is 1.32. The zero-order valence-electron chi connectivity index (χ0n) is 6.18. The predicted octanol–water partition coefficient (Wildman–Crippen LogP) is 1.36. The molecule has 1 aliphatic heterocycles. The van der Waals surface area contributed by atoms with Gasteiger partial charge in [-0.05, 0) is 12.4 Å². The molecule has 47 valence electrons. The Hall–Kier alpha value is -0.655. The second-order valence-corrected chi connectivity index (χ2v) is 2.56. The maximum Gasteiger partial charge on any atom is 0.183 e. The van der Waals surface area contributed by atoms with Gasteiger partial charge in [0.05, 0.1) is 0 Å². The molecule has 9 heavy (non-hydrogen) atoms. The second-order valence-electron chi connectivity index (χ2n) is 2.56. The van der Waals surface area contributed by atoms with Crippen molar-refractivity contribution < 1.29 is 0 Å². The van der Waals surface area contributed by atoms with Crippen molar-refractivity contribution >= 4 is 7.28 Å². The molecule has 0 fully saturated rings. The molecule has 0 N–H and O–H groups in total. The highest BCUT2D eigenvalue weighted by atomic mass is 15.0. The normalized spacial score (nSPS) is 18.3. The fourth-order valence-electron chi connectivity index (χ4n) is 1.11. The van der Waals surface area contributed by atoms with Gasteiger partial charge in [0.25, 0.3) is 0 Å². The van der Waals surface area contributed by atoms with Gasteiger partial charge in [-0.25, -0.2) is 0 Å². The van der Waals surface area contributed by atoms with E-state index in [2.05, 4.69) is 38.4 Å². The zero-order chi connectivity index (χ0) is 6.85. The first-order chi connectivity index (χ1) is 4.18. The maximum atomic E-state index is 2.17. The summed E-state index contributed by atoms with van der Waals surface area (Å²) in [5, 5.41) is 0. The number of hydrogen-bond donors (Lipinski definition) is 0. The predicted molar refractivity (Wildman–Crippen MR) is 41.0 cm³/mol. The van der Waals surface area contributed by atoms with Crippen LogP contribution < -0.4 is 0 Å². The van der Waals surface area contributed by atoms with Crippen molar-refractivity contribution in [3.63, 3.8) is 0 Å². The molecule has 0 aromatic rings. The van der Waals surface area contributed by atoms with Crippen LogP contribution in [0.1, 0.15) is 13.8 Å². The first kappa shape index (κ1) is 6.46. The van der Waals surface area contributed by atoms with Gasteiger partial charge in [0.2, 0.25) is 0 Å². The summed E-state index contributed by atoms with van der Waals surface area (Å²) in [7, 11) is 4.21. The molecule has 0 spiro atoms. The van der Waals surface area contributed by atoms with Crippen LogP contribution in [0.3, 0.4) is 0 Å². The average Bonchev–Trinajstić information content (AvgIpc) is 1.59. The van der Waals surface area contributed by atoms with Crippen molar-refractivity contribution in [2.24, 2.45) is 0 Å². The molecule has 1 aliphatic rings. The van der Waals surface area contributed by atoms with Gasteiger partial charge in [-0.1, -0.05) is 24.8 Å². The highest BCUT2D eigenvalue weighted by Crippen LogP contribution is 2.07. The molecule has 0 unspecified atom stereocenters. The third-order valence-electron chi connectivity index (χ3n) is 1.27. The van der Waals surface area contributed by atoms with E-state index >= 15 is 0 Å². The summed E-state index contributed by atoms with van der Waals surface area (Å²) < 4.78 is 0. The molecule has 0 bridgehead atoms. The van der Waals surface area contributed by atoms with E-state index in [0.717, 1.165) is 0 Å². The van der Waals surface area contributed by atoms with E-state index in [1.165, 1.54) is 10.9 Å². The molecule has 0 atom stereocenters. The van der Waals surface area contributed by atoms with Crippen molar-refractivity contribution in [3.8, 4) is 0 Å². The van der Waals surface area contributed by atoms with Crippen molar-refractivity contribution in [1.82, 2.24) is 4.90 Å². The topological polar surface area (TPSA) is 3.24 Å². The van der Waals surface area contributed by atoms with E-state index in [4.69, 9.17) is 0 Å². The largest absolute Gasteiger partial charge is 0.359 e. The number of allylic oxidation sites excluding steroid dienone is 2. The SMILES string of the molecule is CC1=CN(C)C=C(C)[B]1. The van der Waals surface area contributed by atoms with Gasteiger partial charge >= 0.3 is 0 Å². The standard InChI is InChI=1S/C7H11BN/c1-6-4-9(3)5-7(2)8-6/h4-5H,1-3H3. The third kappa shape index (κ3) is 1.63.